The molecule has 2 aliphatic heterocycles. The van der Waals surface area contributed by atoms with Crippen LogP contribution >= 0.6 is 0 Å². The Morgan fingerprint density at radius 1 is 1.04 bits per heavy atom. The third kappa shape index (κ3) is 3.45. The van der Waals surface area contributed by atoms with Crippen LogP contribution in [0, 0.1) is 11.3 Å². The summed E-state index contributed by atoms with van der Waals surface area (Å²) in [5.41, 5.74) is 1.25. The van der Waals surface area contributed by atoms with E-state index in [1.807, 2.05) is 11.0 Å². The maximum absolute atomic E-state index is 13.1. The molecule has 1 unspecified atom stereocenters. The second-order valence-corrected chi connectivity index (χ2v) is 8.48. The van der Waals surface area contributed by atoms with Crippen molar-refractivity contribution in [1.29, 1.82) is 0 Å². The quantitative estimate of drug-likeness (QED) is 0.797. The highest BCUT2D eigenvalue weighted by Gasteiger charge is 2.42. The van der Waals surface area contributed by atoms with E-state index in [0.29, 0.717) is 23.5 Å². The summed E-state index contributed by atoms with van der Waals surface area (Å²) < 4.78 is 10.6. The van der Waals surface area contributed by atoms with Crippen molar-refractivity contribution < 1.29 is 19.1 Å². The van der Waals surface area contributed by atoms with Crippen LogP contribution in [0.4, 0.5) is 5.69 Å². The minimum absolute atomic E-state index is 0.00478. The molecule has 6 heteroatoms. The molecule has 2 saturated heterocycles. The van der Waals surface area contributed by atoms with E-state index in [2.05, 4.69) is 0 Å². The summed E-state index contributed by atoms with van der Waals surface area (Å²) >= 11 is 0. The minimum Gasteiger partial charge on any atom is -0.493 e. The highest BCUT2D eigenvalue weighted by atomic mass is 16.5. The van der Waals surface area contributed by atoms with E-state index < -0.39 is 0 Å². The Morgan fingerprint density at radius 2 is 1.71 bits per heavy atom. The number of ether oxygens (including phenoxy) is 2. The molecule has 1 saturated carbocycles. The van der Waals surface area contributed by atoms with Gasteiger partial charge < -0.3 is 19.3 Å². The van der Waals surface area contributed by atoms with Gasteiger partial charge in [0.05, 0.1) is 20.1 Å². The molecule has 3 fully saturated rings. The van der Waals surface area contributed by atoms with Gasteiger partial charge in [0, 0.05) is 37.8 Å². The first-order valence-corrected chi connectivity index (χ1v) is 10.4. The summed E-state index contributed by atoms with van der Waals surface area (Å²) in [6, 6.07) is 5.44. The van der Waals surface area contributed by atoms with Crippen LogP contribution in [0.25, 0.3) is 0 Å². The molecular weight excluding hydrogens is 356 g/mol. The fourth-order valence-corrected chi connectivity index (χ4v) is 5.20. The van der Waals surface area contributed by atoms with Crippen LogP contribution in [0.5, 0.6) is 11.5 Å². The number of nitrogens with zero attached hydrogens (tertiary/aromatic N) is 2. The zero-order valence-corrected chi connectivity index (χ0v) is 16.9. The summed E-state index contributed by atoms with van der Waals surface area (Å²) in [5, 5.41) is 0. The van der Waals surface area contributed by atoms with Crippen LogP contribution in [-0.2, 0) is 9.59 Å². The van der Waals surface area contributed by atoms with Crippen molar-refractivity contribution in [3.05, 3.63) is 18.2 Å². The molecule has 0 aromatic heterocycles. The average molecular weight is 386 g/mol. The zero-order chi connectivity index (χ0) is 19.7. The van der Waals surface area contributed by atoms with Crippen molar-refractivity contribution in [1.82, 2.24) is 4.90 Å². The number of benzene rings is 1. The molecule has 6 nitrogen and oxygen atoms in total. The number of methoxy groups -OCH3 is 2. The normalized spacial score (nSPS) is 24.1. The van der Waals surface area contributed by atoms with Gasteiger partial charge in [-0.1, -0.05) is 12.8 Å². The van der Waals surface area contributed by atoms with Crippen molar-refractivity contribution in [3.63, 3.8) is 0 Å². The average Bonchev–Trinajstić information content (AvgIpc) is 3.34. The monoisotopic (exact) mass is 386 g/mol. The summed E-state index contributed by atoms with van der Waals surface area (Å²) in [5.74, 6) is 1.09. The van der Waals surface area contributed by atoms with Crippen molar-refractivity contribution in [2.75, 3.05) is 38.8 Å². The topological polar surface area (TPSA) is 59.1 Å². The third-order valence-corrected chi connectivity index (χ3v) is 6.95. The summed E-state index contributed by atoms with van der Waals surface area (Å²) in [4.78, 5) is 29.4. The van der Waals surface area contributed by atoms with Gasteiger partial charge in [-0.05, 0) is 43.2 Å². The number of hydrogen-bond acceptors (Lipinski definition) is 4. The fourth-order valence-electron chi connectivity index (χ4n) is 5.20. The molecule has 1 aromatic rings. The standard InChI is InChI=1S/C22H30N2O4/c1-27-18-6-5-17(14-19(18)28-2)24-15-16(13-20(24)25)21(26)23-11-9-22(10-12-23)7-3-4-8-22/h5-6,14,16H,3-4,7-13,15H2,1-2H3. The predicted octanol–water partition coefficient (Wildman–Crippen LogP) is 3.24. The SMILES string of the molecule is COc1ccc(N2CC(C(=O)N3CCC4(CCCC4)CC3)CC2=O)cc1OC. The number of amides is 2. The minimum atomic E-state index is -0.252. The molecular formula is C22H30N2O4. The molecule has 1 atom stereocenters. The molecule has 0 bridgehead atoms. The number of carbonyl (C=O) groups is 2. The second kappa shape index (κ2) is 7.64. The molecule has 4 rings (SSSR count). The molecule has 0 N–H and O–H groups in total. The third-order valence-electron chi connectivity index (χ3n) is 6.95. The van der Waals surface area contributed by atoms with Crippen LogP contribution in [-0.4, -0.2) is 50.6 Å². The Bertz CT molecular complexity index is 747. The summed E-state index contributed by atoms with van der Waals surface area (Å²) in [7, 11) is 3.16. The van der Waals surface area contributed by atoms with Crippen LogP contribution in [0.2, 0.25) is 0 Å². The van der Waals surface area contributed by atoms with Gasteiger partial charge in [-0.15, -0.1) is 0 Å². The molecule has 1 aromatic carbocycles. The summed E-state index contributed by atoms with van der Waals surface area (Å²) in [6.45, 7) is 2.13. The largest absolute Gasteiger partial charge is 0.493 e. The van der Waals surface area contributed by atoms with E-state index in [-0.39, 0.29) is 24.2 Å². The summed E-state index contributed by atoms with van der Waals surface area (Å²) in [6.07, 6.45) is 7.86. The van der Waals surface area contributed by atoms with Gasteiger partial charge >= 0.3 is 0 Å². The van der Waals surface area contributed by atoms with Crippen LogP contribution in [0.1, 0.15) is 44.9 Å². The van der Waals surface area contributed by atoms with Gasteiger partial charge in [-0.3, -0.25) is 9.59 Å². The number of hydrogen-bond donors (Lipinski definition) is 0. The number of anilines is 1. The Labute approximate surface area is 166 Å². The molecule has 2 amide bonds. The first kappa shape index (κ1) is 19.1. The number of piperidine rings is 1. The van der Waals surface area contributed by atoms with Gasteiger partial charge in [-0.25, -0.2) is 0 Å². The van der Waals surface area contributed by atoms with E-state index in [4.69, 9.17) is 9.47 Å². The van der Waals surface area contributed by atoms with Gasteiger partial charge in [0.25, 0.3) is 0 Å². The number of rotatable bonds is 4. The van der Waals surface area contributed by atoms with E-state index in [0.717, 1.165) is 31.6 Å². The molecule has 28 heavy (non-hydrogen) atoms. The number of likely N-dealkylation sites (tertiary alicyclic amines) is 1. The van der Waals surface area contributed by atoms with Gasteiger partial charge in [0.2, 0.25) is 11.8 Å². The zero-order valence-electron chi connectivity index (χ0n) is 16.9. The van der Waals surface area contributed by atoms with E-state index in [1.54, 1.807) is 31.3 Å². The van der Waals surface area contributed by atoms with Gasteiger partial charge in [-0.2, -0.15) is 0 Å². The molecule has 152 valence electrons. The van der Waals surface area contributed by atoms with E-state index in [1.165, 1.54) is 25.7 Å². The van der Waals surface area contributed by atoms with Crippen molar-refractivity contribution in [3.8, 4) is 11.5 Å². The fraction of sp³-hybridized carbons (Fsp3) is 0.636. The Balaban J connectivity index is 1.41. The van der Waals surface area contributed by atoms with Crippen molar-refractivity contribution in [2.45, 2.75) is 44.9 Å². The van der Waals surface area contributed by atoms with E-state index in [9.17, 15) is 9.59 Å². The van der Waals surface area contributed by atoms with Gasteiger partial charge in [0.1, 0.15) is 0 Å². The maximum Gasteiger partial charge on any atom is 0.228 e. The first-order chi connectivity index (χ1) is 13.5. The lowest BCUT2D eigenvalue weighted by molar-refractivity contribution is -0.138. The highest BCUT2D eigenvalue weighted by Crippen LogP contribution is 2.46. The van der Waals surface area contributed by atoms with Crippen LogP contribution < -0.4 is 14.4 Å². The second-order valence-electron chi connectivity index (χ2n) is 8.48. The molecule has 2 heterocycles. The smallest absolute Gasteiger partial charge is 0.228 e. The molecule has 0 radical (unpaired) electrons. The van der Waals surface area contributed by atoms with Crippen molar-refractivity contribution in [2.24, 2.45) is 11.3 Å². The lowest BCUT2D eigenvalue weighted by Crippen LogP contribution is -2.45. The lowest BCUT2D eigenvalue weighted by Gasteiger charge is -2.40. The Hall–Kier alpha value is -2.24. The van der Waals surface area contributed by atoms with E-state index >= 15 is 0 Å². The molecule has 1 aliphatic carbocycles. The maximum atomic E-state index is 13.1. The Morgan fingerprint density at radius 3 is 2.36 bits per heavy atom. The number of carbonyl (C=O) groups excluding carboxylic acids is 2. The first-order valence-electron chi connectivity index (χ1n) is 10.4. The molecule has 1 spiro atoms. The Kier molecular flexibility index (Phi) is 5.21. The molecule has 3 aliphatic rings. The predicted molar refractivity (Wildman–Crippen MR) is 107 cm³/mol. The van der Waals surface area contributed by atoms with Crippen LogP contribution in [0.3, 0.4) is 0 Å². The van der Waals surface area contributed by atoms with Gasteiger partial charge in [0.15, 0.2) is 11.5 Å². The van der Waals surface area contributed by atoms with Crippen molar-refractivity contribution >= 4 is 17.5 Å². The lowest BCUT2D eigenvalue weighted by atomic mass is 9.77. The van der Waals surface area contributed by atoms with Crippen LogP contribution in [0.15, 0.2) is 18.2 Å². The highest BCUT2D eigenvalue weighted by molar-refractivity contribution is 6.00.